The van der Waals surface area contributed by atoms with Crippen molar-refractivity contribution >= 4 is 29.1 Å². The van der Waals surface area contributed by atoms with E-state index in [2.05, 4.69) is 14.8 Å². The van der Waals surface area contributed by atoms with Crippen LogP contribution < -0.4 is 4.74 Å². The Morgan fingerprint density at radius 1 is 1.11 bits per heavy atom. The highest BCUT2D eigenvalue weighted by Gasteiger charge is 2.35. The molecular formula is C19H22Cl2N4O2. The molecule has 1 atom stereocenters. The van der Waals surface area contributed by atoms with Crippen molar-refractivity contribution in [3.63, 3.8) is 0 Å². The molecule has 2 aromatic rings. The van der Waals surface area contributed by atoms with Crippen LogP contribution in [0.25, 0.3) is 0 Å². The molecule has 1 fully saturated rings. The summed E-state index contributed by atoms with van der Waals surface area (Å²) in [4.78, 5) is 15.1. The molecule has 2 aliphatic heterocycles. The molecule has 1 amide bonds. The summed E-state index contributed by atoms with van der Waals surface area (Å²) in [5, 5.41) is 9.52. The lowest BCUT2D eigenvalue weighted by Gasteiger charge is -2.25. The minimum absolute atomic E-state index is 0.0588. The Kier molecular flexibility index (Phi) is 5.28. The average Bonchev–Trinajstić information content (AvgIpc) is 3.21. The van der Waals surface area contributed by atoms with Crippen LogP contribution in [0, 0.1) is 0 Å². The number of nitrogens with zero attached hydrogens (tertiary/aromatic N) is 4. The zero-order valence-electron chi connectivity index (χ0n) is 15.3. The average molecular weight is 409 g/mol. The SMILES string of the molecule is COc1c(Cl)cc(C(=O)N2CCCC2c2nnc3n2CCCCC3)cc1Cl. The van der Waals surface area contributed by atoms with Gasteiger partial charge < -0.3 is 14.2 Å². The lowest BCUT2D eigenvalue weighted by Crippen LogP contribution is -2.32. The van der Waals surface area contributed by atoms with Crippen molar-refractivity contribution in [1.82, 2.24) is 19.7 Å². The summed E-state index contributed by atoms with van der Waals surface area (Å²) >= 11 is 12.5. The van der Waals surface area contributed by atoms with Gasteiger partial charge in [0.25, 0.3) is 5.91 Å². The smallest absolute Gasteiger partial charge is 0.254 e. The molecular weight excluding hydrogens is 387 g/mol. The molecule has 0 N–H and O–H groups in total. The van der Waals surface area contributed by atoms with Crippen LogP contribution in [-0.4, -0.2) is 39.2 Å². The third-order valence-electron chi connectivity index (χ3n) is 5.40. The summed E-state index contributed by atoms with van der Waals surface area (Å²) < 4.78 is 7.40. The summed E-state index contributed by atoms with van der Waals surface area (Å²) in [5.41, 5.74) is 0.466. The molecule has 1 unspecified atom stereocenters. The van der Waals surface area contributed by atoms with E-state index in [0.29, 0.717) is 27.9 Å². The summed E-state index contributed by atoms with van der Waals surface area (Å²) in [6, 6.07) is 3.18. The van der Waals surface area contributed by atoms with Crippen LogP contribution in [0.5, 0.6) is 5.75 Å². The standard InChI is InChI=1S/C19H22Cl2N4O2/c1-27-17-13(20)10-12(11-14(17)21)19(26)24-9-5-6-15(24)18-23-22-16-7-3-2-4-8-25(16)18/h10-11,15H,2-9H2,1H3. The molecule has 4 rings (SSSR count). The Bertz CT molecular complexity index is 844. The first-order chi connectivity index (χ1) is 13.1. The molecule has 1 aromatic carbocycles. The molecule has 8 heteroatoms. The topological polar surface area (TPSA) is 60.2 Å². The van der Waals surface area contributed by atoms with Crippen molar-refractivity contribution in [1.29, 1.82) is 0 Å². The van der Waals surface area contributed by atoms with Gasteiger partial charge in [0.1, 0.15) is 5.82 Å². The minimum Gasteiger partial charge on any atom is -0.494 e. The van der Waals surface area contributed by atoms with Gasteiger partial charge in [-0.3, -0.25) is 4.79 Å². The van der Waals surface area contributed by atoms with Crippen molar-refractivity contribution in [2.45, 2.75) is 51.1 Å². The van der Waals surface area contributed by atoms with Crippen molar-refractivity contribution in [3.8, 4) is 5.75 Å². The molecule has 0 bridgehead atoms. The zero-order chi connectivity index (χ0) is 19.0. The van der Waals surface area contributed by atoms with Gasteiger partial charge in [-0.25, -0.2) is 0 Å². The minimum atomic E-state index is -0.0880. The Morgan fingerprint density at radius 2 is 1.89 bits per heavy atom. The number of benzene rings is 1. The lowest BCUT2D eigenvalue weighted by atomic mass is 10.1. The third-order valence-corrected chi connectivity index (χ3v) is 5.96. The largest absolute Gasteiger partial charge is 0.494 e. The first kappa shape index (κ1) is 18.6. The summed E-state index contributed by atoms with van der Waals surface area (Å²) in [5.74, 6) is 2.24. The van der Waals surface area contributed by atoms with Crippen molar-refractivity contribution in [2.75, 3.05) is 13.7 Å². The van der Waals surface area contributed by atoms with Gasteiger partial charge in [0.15, 0.2) is 11.6 Å². The van der Waals surface area contributed by atoms with Gasteiger partial charge >= 0.3 is 0 Å². The van der Waals surface area contributed by atoms with Crippen LogP contribution >= 0.6 is 23.2 Å². The Hall–Kier alpha value is -1.79. The zero-order valence-corrected chi connectivity index (χ0v) is 16.8. The van der Waals surface area contributed by atoms with E-state index in [1.54, 1.807) is 12.1 Å². The van der Waals surface area contributed by atoms with Gasteiger partial charge in [0, 0.05) is 25.1 Å². The van der Waals surface area contributed by atoms with E-state index in [-0.39, 0.29) is 11.9 Å². The molecule has 6 nitrogen and oxygen atoms in total. The predicted octanol–water partition coefficient (Wildman–Crippen LogP) is 4.30. The molecule has 3 heterocycles. The molecule has 1 aromatic heterocycles. The number of aryl methyl sites for hydroxylation is 1. The molecule has 144 valence electrons. The fourth-order valence-corrected chi connectivity index (χ4v) is 4.72. The third kappa shape index (κ3) is 3.41. The van der Waals surface area contributed by atoms with Crippen LogP contribution in [0.15, 0.2) is 12.1 Å². The molecule has 2 aliphatic rings. The van der Waals surface area contributed by atoms with E-state index in [9.17, 15) is 4.79 Å². The number of carbonyl (C=O) groups excluding carboxylic acids is 1. The number of fused-ring (bicyclic) bond motifs is 1. The fourth-order valence-electron chi connectivity index (χ4n) is 4.08. The Morgan fingerprint density at radius 3 is 2.63 bits per heavy atom. The number of ether oxygens (including phenoxy) is 1. The van der Waals surface area contributed by atoms with Gasteiger partial charge in [-0.2, -0.15) is 0 Å². The predicted molar refractivity (Wildman–Crippen MR) is 104 cm³/mol. The highest BCUT2D eigenvalue weighted by atomic mass is 35.5. The summed E-state index contributed by atoms with van der Waals surface area (Å²) in [6.07, 6.45) is 6.27. The number of halogens is 2. The van der Waals surface area contributed by atoms with E-state index < -0.39 is 0 Å². The number of amides is 1. The second kappa shape index (κ2) is 7.68. The molecule has 0 radical (unpaired) electrons. The molecule has 0 spiro atoms. The molecule has 0 aliphatic carbocycles. The van der Waals surface area contributed by atoms with Crippen LogP contribution in [-0.2, 0) is 13.0 Å². The normalized spacial score (nSPS) is 19.7. The van der Waals surface area contributed by atoms with Crippen molar-refractivity contribution in [3.05, 3.63) is 39.4 Å². The van der Waals surface area contributed by atoms with E-state index >= 15 is 0 Å². The van der Waals surface area contributed by atoms with Crippen LogP contribution in [0.1, 0.15) is 60.2 Å². The van der Waals surface area contributed by atoms with Crippen molar-refractivity contribution in [2.24, 2.45) is 0 Å². The number of methoxy groups -OCH3 is 1. The van der Waals surface area contributed by atoms with E-state index in [1.807, 2.05) is 4.90 Å². The molecule has 0 saturated carbocycles. The number of carbonyl (C=O) groups is 1. The van der Waals surface area contributed by atoms with Gasteiger partial charge in [0.05, 0.1) is 23.2 Å². The van der Waals surface area contributed by atoms with E-state index in [4.69, 9.17) is 27.9 Å². The molecule has 1 saturated heterocycles. The number of hydrogen-bond donors (Lipinski definition) is 0. The fraction of sp³-hybridized carbons (Fsp3) is 0.526. The van der Waals surface area contributed by atoms with Gasteiger partial charge in [0.2, 0.25) is 0 Å². The van der Waals surface area contributed by atoms with E-state index in [1.165, 1.54) is 13.5 Å². The van der Waals surface area contributed by atoms with Gasteiger partial charge in [-0.1, -0.05) is 29.6 Å². The highest BCUT2D eigenvalue weighted by Crippen LogP contribution is 2.37. The highest BCUT2D eigenvalue weighted by molar-refractivity contribution is 6.37. The maximum absolute atomic E-state index is 13.2. The summed E-state index contributed by atoms with van der Waals surface area (Å²) in [7, 11) is 1.50. The quantitative estimate of drug-likeness (QED) is 0.759. The van der Waals surface area contributed by atoms with E-state index in [0.717, 1.165) is 50.3 Å². The Balaban J connectivity index is 1.64. The van der Waals surface area contributed by atoms with Gasteiger partial charge in [-0.15, -0.1) is 10.2 Å². The monoisotopic (exact) mass is 408 g/mol. The second-order valence-corrected chi connectivity index (χ2v) is 7.88. The second-order valence-electron chi connectivity index (χ2n) is 7.07. The van der Waals surface area contributed by atoms with Crippen molar-refractivity contribution < 1.29 is 9.53 Å². The lowest BCUT2D eigenvalue weighted by molar-refractivity contribution is 0.0727. The van der Waals surface area contributed by atoms with Crippen LogP contribution in [0.2, 0.25) is 10.0 Å². The first-order valence-electron chi connectivity index (χ1n) is 9.36. The Labute approximate surface area is 168 Å². The van der Waals surface area contributed by atoms with Crippen LogP contribution in [0.4, 0.5) is 0 Å². The summed E-state index contributed by atoms with van der Waals surface area (Å²) in [6.45, 7) is 1.61. The van der Waals surface area contributed by atoms with Gasteiger partial charge in [-0.05, 0) is 37.8 Å². The first-order valence-corrected chi connectivity index (χ1v) is 10.1. The number of likely N-dealkylation sites (tertiary alicyclic amines) is 1. The van der Waals surface area contributed by atoms with Crippen LogP contribution in [0.3, 0.4) is 0 Å². The maximum atomic E-state index is 13.2. The molecule has 27 heavy (non-hydrogen) atoms. The number of hydrogen-bond acceptors (Lipinski definition) is 4. The number of aromatic nitrogens is 3. The maximum Gasteiger partial charge on any atom is 0.254 e. The number of rotatable bonds is 3.